The van der Waals surface area contributed by atoms with Gasteiger partial charge in [-0.3, -0.25) is 24.0 Å². The zero-order valence-electron chi connectivity index (χ0n) is 26.4. The average Bonchev–Trinajstić information content (AvgIpc) is 3.38. The highest BCUT2D eigenvalue weighted by atomic mass is 16.5. The molecule has 232 valence electrons. The summed E-state index contributed by atoms with van der Waals surface area (Å²) in [6.45, 7) is 12.6. The van der Waals surface area contributed by atoms with Gasteiger partial charge in [0.2, 0.25) is 0 Å². The van der Waals surface area contributed by atoms with E-state index in [2.05, 4.69) is 0 Å². The quantitative estimate of drug-likeness (QED) is 0.477. The molecule has 2 saturated carbocycles. The molecular weight excluding hydrogens is 560 g/mol. The molecule has 1 aliphatic heterocycles. The van der Waals surface area contributed by atoms with E-state index in [-0.39, 0.29) is 36.0 Å². The Morgan fingerprint density at radius 2 is 1.70 bits per heavy atom. The monoisotopic (exact) mass is 600 g/mol. The number of ketones is 5. The van der Waals surface area contributed by atoms with Gasteiger partial charge >= 0.3 is 0 Å². The molecule has 2 aromatic rings. The zero-order valence-corrected chi connectivity index (χ0v) is 26.4. The van der Waals surface area contributed by atoms with E-state index in [4.69, 9.17) is 4.74 Å². The van der Waals surface area contributed by atoms with E-state index in [1.54, 1.807) is 27.7 Å². The Bertz CT molecular complexity index is 1680. The van der Waals surface area contributed by atoms with E-state index in [1.807, 2.05) is 38.1 Å². The Hall–Kier alpha value is -3.65. The molecule has 44 heavy (non-hydrogen) atoms. The van der Waals surface area contributed by atoms with Crippen LogP contribution >= 0.6 is 0 Å². The Morgan fingerprint density at radius 1 is 1.02 bits per heavy atom. The summed E-state index contributed by atoms with van der Waals surface area (Å²) in [5.74, 6) is -8.22. The molecule has 0 radical (unpaired) electrons. The van der Waals surface area contributed by atoms with E-state index in [0.29, 0.717) is 23.3 Å². The van der Waals surface area contributed by atoms with Crippen molar-refractivity contribution in [3.05, 3.63) is 46.5 Å². The van der Waals surface area contributed by atoms with Gasteiger partial charge in [0, 0.05) is 23.3 Å². The maximum atomic E-state index is 14.6. The predicted molar refractivity (Wildman–Crippen MR) is 162 cm³/mol. The van der Waals surface area contributed by atoms with Gasteiger partial charge in [-0.25, -0.2) is 0 Å². The van der Waals surface area contributed by atoms with Crippen LogP contribution < -0.4 is 4.74 Å². The minimum Gasteiger partial charge on any atom is -0.507 e. The van der Waals surface area contributed by atoms with Crippen molar-refractivity contribution in [3.8, 4) is 22.6 Å². The Labute approximate surface area is 257 Å². The molecule has 3 unspecified atom stereocenters. The molecule has 4 aliphatic rings. The standard InChI is InChI=1S/C36H40O8/c1-16(2)21-13-22(20-9-8-19-10-11-44-24(19)12-20)29(38)26-23(21)14-34(6)15-35(7)27(17(3)4)30(39)25(18(5)37)32(41)36(35,43)33(42)28(34)31(26)40/h8-9,12-13,16-17,25,27-28,38,43H,10-11,14-15H2,1-7H3/t25?,27?,28?,34-,35-,36+/m1/s1. The highest BCUT2D eigenvalue weighted by Gasteiger charge is 2.76. The van der Waals surface area contributed by atoms with Crippen molar-refractivity contribution in [1.82, 2.24) is 0 Å². The molecule has 0 saturated heterocycles. The molecule has 8 heteroatoms. The first-order valence-corrected chi connectivity index (χ1v) is 15.5. The molecule has 0 bridgehead atoms. The van der Waals surface area contributed by atoms with Crippen LogP contribution in [0.1, 0.15) is 87.9 Å². The topological polar surface area (TPSA) is 135 Å². The molecule has 0 spiro atoms. The summed E-state index contributed by atoms with van der Waals surface area (Å²) >= 11 is 0. The molecule has 8 nitrogen and oxygen atoms in total. The molecule has 3 aliphatic carbocycles. The van der Waals surface area contributed by atoms with Crippen molar-refractivity contribution in [3.63, 3.8) is 0 Å². The summed E-state index contributed by atoms with van der Waals surface area (Å²) in [5.41, 5.74) is -1.62. The van der Waals surface area contributed by atoms with Crippen molar-refractivity contribution in [2.75, 3.05) is 6.61 Å². The van der Waals surface area contributed by atoms with Crippen LogP contribution in [0.2, 0.25) is 0 Å². The maximum Gasteiger partial charge on any atom is 0.190 e. The molecule has 1 heterocycles. The van der Waals surface area contributed by atoms with Gasteiger partial charge in [0.15, 0.2) is 28.7 Å². The molecule has 2 fully saturated rings. The summed E-state index contributed by atoms with van der Waals surface area (Å²) in [5, 5.41) is 24.0. The van der Waals surface area contributed by atoms with Crippen molar-refractivity contribution >= 4 is 28.9 Å². The number of benzene rings is 2. The Kier molecular flexibility index (Phi) is 6.68. The molecule has 2 aromatic carbocycles. The molecule has 6 atom stereocenters. The fraction of sp³-hybridized carbons (Fsp3) is 0.528. The summed E-state index contributed by atoms with van der Waals surface area (Å²) < 4.78 is 5.75. The largest absolute Gasteiger partial charge is 0.507 e. The SMILES string of the molecule is CC(=O)C1C(=O)C(C(C)C)[C@@]2(C)C[C@@]3(C)Cc4c(C(C)C)cc(-c5ccc6c(c5)OCC6)c(O)c4C(=O)C3C(=O)[C@@]2(O)C1=O. The van der Waals surface area contributed by atoms with Gasteiger partial charge in [-0.05, 0) is 71.4 Å². The van der Waals surface area contributed by atoms with E-state index in [0.717, 1.165) is 30.2 Å². The van der Waals surface area contributed by atoms with Gasteiger partial charge in [-0.1, -0.05) is 53.7 Å². The van der Waals surface area contributed by atoms with E-state index in [9.17, 15) is 34.2 Å². The first kappa shape index (κ1) is 30.4. The molecule has 0 aromatic heterocycles. The first-order valence-electron chi connectivity index (χ1n) is 15.5. The molecular formula is C36H40O8. The lowest BCUT2D eigenvalue weighted by Crippen LogP contribution is -2.76. The fourth-order valence-electron chi connectivity index (χ4n) is 9.30. The van der Waals surface area contributed by atoms with Gasteiger partial charge in [-0.2, -0.15) is 0 Å². The fourth-order valence-corrected chi connectivity index (χ4v) is 9.30. The highest BCUT2D eigenvalue weighted by molar-refractivity contribution is 6.32. The minimum atomic E-state index is -2.71. The predicted octanol–water partition coefficient (Wildman–Crippen LogP) is 4.82. The third kappa shape index (κ3) is 3.76. The minimum absolute atomic E-state index is 0.0264. The number of hydrogen-bond donors (Lipinski definition) is 2. The lowest BCUT2D eigenvalue weighted by Gasteiger charge is -2.62. The third-order valence-corrected chi connectivity index (χ3v) is 11.0. The van der Waals surface area contributed by atoms with Gasteiger partial charge < -0.3 is 14.9 Å². The van der Waals surface area contributed by atoms with Crippen LogP contribution in [0.4, 0.5) is 0 Å². The number of aromatic hydroxyl groups is 1. The molecule has 6 rings (SSSR count). The number of carbonyl (C=O) groups is 5. The van der Waals surface area contributed by atoms with Crippen LogP contribution in [0.15, 0.2) is 24.3 Å². The second-order valence-electron chi connectivity index (χ2n) is 14.6. The zero-order chi connectivity index (χ0) is 32.3. The van der Waals surface area contributed by atoms with Gasteiger partial charge in [0.25, 0.3) is 0 Å². The van der Waals surface area contributed by atoms with E-state index in [1.165, 1.54) is 0 Å². The van der Waals surface area contributed by atoms with E-state index < -0.39 is 63.1 Å². The van der Waals surface area contributed by atoms with Crippen molar-refractivity contribution < 1.29 is 38.9 Å². The summed E-state index contributed by atoms with van der Waals surface area (Å²) in [6.07, 6.45) is 1.05. The van der Waals surface area contributed by atoms with Crippen molar-refractivity contribution in [1.29, 1.82) is 0 Å². The van der Waals surface area contributed by atoms with Crippen LogP contribution in [0.25, 0.3) is 11.1 Å². The number of rotatable bonds is 4. The number of carbonyl (C=O) groups excluding carboxylic acids is 5. The van der Waals surface area contributed by atoms with Crippen LogP contribution in [-0.2, 0) is 32.0 Å². The number of aliphatic hydroxyl groups is 1. The Morgan fingerprint density at radius 3 is 2.32 bits per heavy atom. The summed E-state index contributed by atoms with van der Waals surface area (Å²) in [4.78, 5) is 69.4. The normalized spacial score (nSPS) is 32.7. The second kappa shape index (κ2) is 9.67. The smallest absolute Gasteiger partial charge is 0.190 e. The van der Waals surface area contributed by atoms with Crippen molar-refractivity contribution in [2.45, 2.75) is 79.2 Å². The van der Waals surface area contributed by atoms with Crippen molar-refractivity contribution in [2.24, 2.45) is 34.5 Å². The van der Waals surface area contributed by atoms with Crippen LogP contribution in [0, 0.1) is 34.5 Å². The van der Waals surface area contributed by atoms with Gasteiger partial charge in [0.05, 0.1) is 18.1 Å². The van der Waals surface area contributed by atoms with E-state index >= 15 is 0 Å². The lowest BCUT2D eigenvalue weighted by atomic mass is 9.39. The molecule has 2 N–H and O–H groups in total. The second-order valence-corrected chi connectivity index (χ2v) is 14.6. The number of phenolic OH excluding ortho intramolecular Hbond substituents is 1. The summed E-state index contributed by atoms with van der Waals surface area (Å²) in [6, 6.07) is 7.56. The van der Waals surface area contributed by atoms with Gasteiger partial charge in [-0.15, -0.1) is 0 Å². The average molecular weight is 601 g/mol. The number of fused-ring (bicyclic) bond motifs is 4. The maximum absolute atomic E-state index is 14.6. The third-order valence-electron chi connectivity index (χ3n) is 11.0. The number of phenols is 1. The highest BCUT2D eigenvalue weighted by Crippen LogP contribution is 2.64. The van der Waals surface area contributed by atoms with Crippen LogP contribution in [-0.4, -0.2) is 51.3 Å². The number of hydrogen-bond acceptors (Lipinski definition) is 8. The van der Waals surface area contributed by atoms with Crippen LogP contribution in [0.3, 0.4) is 0 Å². The Balaban J connectivity index is 1.57. The number of ether oxygens (including phenoxy) is 1. The molecule has 0 amide bonds. The van der Waals surface area contributed by atoms with Gasteiger partial charge in [0.1, 0.15) is 23.2 Å². The number of Topliss-reactive ketones (excluding diaryl/α,β-unsaturated/α-hetero) is 5. The lowest BCUT2D eigenvalue weighted by molar-refractivity contribution is -0.205. The van der Waals surface area contributed by atoms with Crippen LogP contribution in [0.5, 0.6) is 11.5 Å². The summed E-state index contributed by atoms with van der Waals surface area (Å²) in [7, 11) is 0. The first-order chi connectivity index (χ1) is 20.5.